The molecule has 0 bridgehead atoms. The van der Waals surface area contributed by atoms with Crippen molar-refractivity contribution in [2.75, 3.05) is 0 Å². The van der Waals surface area contributed by atoms with E-state index in [9.17, 15) is 14.0 Å². The Morgan fingerprint density at radius 1 is 1.30 bits per heavy atom. The lowest BCUT2D eigenvalue weighted by atomic mass is 9.82. The Hall–Kier alpha value is -3.13. The molecule has 0 amide bonds. The minimum atomic E-state index is -0.467. The third-order valence-corrected chi connectivity index (χ3v) is 7.60. The van der Waals surface area contributed by atoms with Crippen molar-refractivity contribution < 1.29 is 13.9 Å². The van der Waals surface area contributed by atoms with E-state index in [1.54, 1.807) is 4.57 Å². The van der Waals surface area contributed by atoms with Crippen LogP contribution in [0, 0.1) is 12.7 Å². The molecule has 168 valence electrons. The number of ether oxygens (including phenoxy) is 1. The summed E-state index contributed by atoms with van der Waals surface area (Å²) in [4.78, 5) is 30.7. The van der Waals surface area contributed by atoms with E-state index < -0.39 is 5.92 Å². The van der Waals surface area contributed by atoms with Gasteiger partial charge in [-0.25, -0.2) is 9.37 Å². The second kappa shape index (κ2) is 7.18. The van der Waals surface area contributed by atoms with Gasteiger partial charge in [-0.15, -0.1) is 0 Å². The lowest BCUT2D eigenvalue weighted by molar-refractivity contribution is -0.148. The third-order valence-electron chi connectivity index (χ3n) is 7.47. The number of carbonyl (C=O) groups is 1. The van der Waals surface area contributed by atoms with E-state index in [1.807, 2.05) is 19.9 Å². The van der Waals surface area contributed by atoms with Crippen molar-refractivity contribution in [1.29, 1.82) is 0 Å². The number of rotatable bonds is 3. The van der Waals surface area contributed by atoms with Gasteiger partial charge in [0.25, 0.3) is 5.56 Å². The average Bonchev–Trinajstić information content (AvgIpc) is 3.17. The molecule has 0 spiro atoms. The number of thiocarbonyl (C=S) groups is 1. The maximum atomic E-state index is 14.8. The van der Waals surface area contributed by atoms with Crippen molar-refractivity contribution >= 4 is 34.6 Å². The minimum Gasteiger partial charge on any atom is -0.460 e. The highest BCUT2D eigenvalue weighted by Crippen LogP contribution is 2.45. The Kier molecular flexibility index (Phi) is 4.46. The molecule has 3 aromatic rings. The maximum Gasteiger partial charge on any atom is 0.313 e. The number of cyclic esters (lactones) is 1. The predicted molar refractivity (Wildman–Crippen MR) is 126 cm³/mol. The molecule has 4 heterocycles. The van der Waals surface area contributed by atoms with Crippen LogP contribution in [0.4, 0.5) is 4.39 Å². The average molecular weight is 464 g/mol. The molecule has 1 aromatic carbocycles. The third kappa shape index (κ3) is 2.70. The molecule has 3 aliphatic rings. The fraction of sp³-hybridized carbons (Fsp3) is 0.360. The zero-order chi connectivity index (χ0) is 23.0. The van der Waals surface area contributed by atoms with Crippen molar-refractivity contribution in [2.24, 2.45) is 0 Å². The Labute approximate surface area is 194 Å². The smallest absolute Gasteiger partial charge is 0.313 e. The number of esters is 1. The van der Waals surface area contributed by atoms with Gasteiger partial charge in [0, 0.05) is 17.0 Å². The van der Waals surface area contributed by atoms with Crippen LogP contribution in [0.2, 0.25) is 0 Å². The number of pyridine rings is 2. The van der Waals surface area contributed by atoms with Crippen LogP contribution in [-0.2, 0) is 29.1 Å². The second-order valence-corrected chi connectivity index (χ2v) is 9.24. The molecule has 6 nitrogen and oxygen atoms in total. The van der Waals surface area contributed by atoms with Crippen LogP contribution in [0.3, 0.4) is 0 Å². The van der Waals surface area contributed by atoms with Gasteiger partial charge in [0.15, 0.2) is 0 Å². The van der Waals surface area contributed by atoms with Gasteiger partial charge in [0.2, 0.25) is 0 Å². The molecule has 1 aliphatic carbocycles. The normalized spacial score (nSPS) is 20.2. The van der Waals surface area contributed by atoms with E-state index in [0.717, 1.165) is 40.5 Å². The topological polar surface area (TPSA) is 73.2 Å². The Morgan fingerprint density at radius 2 is 2.12 bits per heavy atom. The van der Waals surface area contributed by atoms with Gasteiger partial charge in [-0.2, -0.15) is 0 Å². The highest BCUT2D eigenvalue weighted by Gasteiger charge is 2.37. The monoisotopic (exact) mass is 463 g/mol. The number of benzene rings is 1. The Balaban J connectivity index is 1.68. The Morgan fingerprint density at radius 3 is 2.88 bits per heavy atom. The van der Waals surface area contributed by atoms with Gasteiger partial charge in [-0.3, -0.25) is 9.59 Å². The van der Waals surface area contributed by atoms with Crippen LogP contribution in [0.1, 0.15) is 65.1 Å². The number of carbonyl (C=O) groups excluding carboxylic acids is 1. The van der Waals surface area contributed by atoms with Gasteiger partial charge in [0.05, 0.1) is 46.5 Å². The first kappa shape index (κ1) is 20.5. The summed E-state index contributed by atoms with van der Waals surface area (Å²) in [5, 5.41) is 4.25. The van der Waals surface area contributed by atoms with Gasteiger partial charge in [-0.05, 0) is 54.5 Å². The summed E-state index contributed by atoms with van der Waals surface area (Å²) in [6, 6.07) is 3.37. The number of fused-ring (bicyclic) bond motifs is 5. The van der Waals surface area contributed by atoms with E-state index in [2.05, 4.69) is 5.32 Å². The van der Waals surface area contributed by atoms with Gasteiger partial charge in [0.1, 0.15) is 12.4 Å². The maximum absolute atomic E-state index is 14.8. The number of halogens is 1. The summed E-state index contributed by atoms with van der Waals surface area (Å²) in [5.74, 6) is -1.04. The number of nitrogens with zero attached hydrogens (tertiary/aromatic N) is 2. The van der Waals surface area contributed by atoms with Crippen LogP contribution >= 0.6 is 12.2 Å². The summed E-state index contributed by atoms with van der Waals surface area (Å²) in [7, 11) is 0. The van der Waals surface area contributed by atoms with Crippen molar-refractivity contribution in [3.63, 3.8) is 0 Å². The van der Waals surface area contributed by atoms with Crippen molar-refractivity contribution in [1.82, 2.24) is 14.9 Å². The first-order valence-corrected chi connectivity index (χ1v) is 11.7. The fourth-order valence-corrected chi connectivity index (χ4v) is 5.99. The zero-order valence-corrected chi connectivity index (χ0v) is 19.1. The summed E-state index contributed by atoms with van der Waals surface area (Å²) in [6.45, 7) is 4.09. The van der Waals surface area contributed by atoms with Crippen LogP contribution in [0.5, 0.6) is 0 Å². The number of aryl methyl sites for hydroxylation is 1. The molecule has 6 rings (SSSR count). The van der Waals surface area contributed by atoms with Gasteiger partial charge >= 0.3 is 5.97 Å². The van der Waals surface area contributed by atoms with Crippen LogP contribution in [0.25, 0.3) is 22.3 Å². The zero-order valence-electron chi connectivity index (χ0n) is 18.3. The molecule has 0 radical (unpaired) electrons. The van der Waals surface area contributed by atoms with E-state index in [-0.39, 0.29) is 30.0 Å². The molecule has 0 fully saturated rings. The molecule has 33 heavy (non-hydrogen) atoms. The SMILES string of the molecule is CCC1C(=O)OCc2c1cc1n(c2=O)Cc2c-1nc1cc(F)c(C)c3c1c2C(NC=S)CC3. The molecular weight excluding hydrogens is 441 g/mol. The quantitative estimate of drug-likeness (QED) is 0.366. The van der Waals surface area contributed by atoms with E-state index >= 15 is 0 Å². The highest BCUT2D eigenvalue weighted by atomic mass is 32.1. The molecule has 1 N–H and O–H groups in total. The number of hydrogen-bond donors (Lipinski definition) is 1. The lowest BCUT2D eigenvalue weighted by Crippen LogP contribution is -2.32. The summed E-state index contributed by atoms with van der Waals surface area (Å²) in [5.41, 5.74) is 8.19. The fourth-order valence-electron chi connectivity index (χ4n) is 5.83. The largest absolute Gasteiger partial charge is 0.460 e. The summed E-state index contributed by atoms with van der Waals surface area (Å²) >= 11 is 5.10. The first-order valence-electron chi connectivity index (χ1n) is 11.2. The van der Waals surface area contributed by atoms with E-state index in [0.29, 0.717) is 41.0 Å². The molecule has 2 aromatic heterocycles. The van der Waals surface area contributed by atoms with Crippen LogP contribution in [0.15, 0.2) is 16.9 Å². The van der Waals surface area contributed by atoms with E-state index in [1.165, 1.54) is 11.6 Å². The molecule has 0 saturated carbocycles. The lowest BCUT2D eigenvalue weighted by Gasteiger charge is -2.29. The van der Waals surface area contributed by atoms with Crippen molar-refractivity contribution in [3.8, 4) is 11.4 Å². The van der Waals surface area contributed by atoms with Gasteiger partial charge in [-0.1, -0.05) is 19.1 Å². The number of hydrogen-bond acceptors (Lipinski definition) is 5. The molecule has 2 atom stereocenters. The molecule has 2 unspecified atom stereocenters. The Bertz CT molecular complexity index is 1460. The highest BCUT2D eigenvalue weighted by molar-refractivity contribution is 7.78. The molecular formula is C25H22FN3O3S. The minimum absolute atomic E-state index is 0.00791. The molecule has 0 saturated heterocycles. The first-order chi connectivity index (χ1) is 15.9. The van der Waals surface area contributed by atoms with E-state index in [4.69, 9.17) is 21.9 Å². The van der Waals surface area contributed by atoms with Crippen LogP contribution in [-0.4, -0.2) is 21.0 Å². The van der Waals surface area contributed by atoms with Crippen molar-refractivity contribution in [2.45, 2.75) is 58.2 Å². The standard InChI is InChI=1S/C25H22FN3O3S/c1-3-12-14-6-20-23-15(8-29(20)24(30)16(14)9-32-25(12)31)22-18(27-10-33)5-4-13-11(2)17(26)7-19(28-23)21(13)22/h6-7,10,12,18H,3-5,8-9H2,1-2H3,(H,27,33). The molecule has 8 heteroatoms. The summed E-state index contributed by atoms with van der Waals surface area (Å²) in [6.07, 6.45) is 2.05. The molecule has 2 aliphatic heterocycles. The summed E-state index contributed by atoms with van der Waals surface area (Å²) < 4.78 is 21.8. The predicted octanol–water partition coefficient (Wildman–Crippen LogP) is 3.96. The number of nitrogens with one attached hydrogen (secondary N) is 1. The van der Waals surface area contributed by atoms with Crippen molar-refractivity contribution in [3.05, 3.63) is 61.7 Å². The second-order valence-electron chi connectivity index (χ2n) is 9.01. The van der Waals surface area contributed by atoms with Gasteiger partial charge < -0.3 is 14.6 Å². The van der Waals surface area contributed by atoms with Crippen LogP contribution < -0.4 is 10.9 Å². The number of aromatic nitrogens is 2.